The van der Waals surface area contributed by atoms with Crippen molar-refractivity contribution in [3.63, 3.8) is 0 Å². The van der Waals surface area contributed by atoms with Gasteiger partial charge in [-0.3, -0.25) is 9.89 Å². The van der Waals surface area contributed by atoms with E-state index in [2.05, 4.69) is 27.1 Å². The molecule has 1 aliphatic rings. The van der Waals surface area contributed by atoms with Crippen LogP contribution in [0.2, 0.25) is 0 Å². The quantitative estimate of drug-likeness (QED) is 0.340. The van der Waals surface area contributed by atoms with Gasteiger partial charge in [0.25, 0.3) is 0 Å². The monoisotopic (exact) mass is 519 g/mol. The Morgan fingerprint density at radius 3 is 2.74 bits per heavy atom. The van der Waals surface area contributed by atoms with Crippen LogP contribution in [0.15, 0.2) is 11.2 Å². The highest BCUT2D eigenvalue weighted by molar-refractivity contribution is 14.0. The number of likely N-dealkylation sites (tertiary alicyclic amines) is 1. The molecule has 1 aromatic heterocycles. The van der Waals surface area contributed by atoms with E-state index in [1.807, 2.05) is 6.20 Å². The summed E-state index contributed by atoms with van der Waals surface area (Å²) in [7, 11) is 1.73. The number of nitrogens with one attached hydrogen (secondary N) is 1. The Balaban J connectivity index is 0.00000364. The van der Waals surface area contributed by atoms with Crippen LogP contribution in [0.1, 0.15) is 30.2 Å². The van der Waals surface area contributed by atoms with E-state index in [0.717, 1.165) is 36.9 Å². The van der Waals surface area contributed by atoms with E-state index < -0.39 is 12.7 Å². The maximum Gasteiger partial charge on any atom is 0.401 e. The number of aryl methyl sites for hydroxylation is 1. The zero-order chi connectivity index (χ0) is 19.2. The first-order valence-electron chi connectivity index (χ1n) is 9.02. The van der Waals surface area contributed by atoms with Crippen LogP contribution < -0.4 is 5.32 Å². The van der Waals surface area contributed by atoms with Crippen LogP contribution in [0, 0.1) is 5.92 Å². The number of thiazole rings is 1. The van der Waals surface area contributed by atoms with Gasteiger partial charge in [-0.15, -0.1) is 35.3 Å². The molecule has 2 rings (SSSR count). The molecule has 1 saturated heterocycles. The highest BCUT2D eigenvalue weighted by Gasteiger charge is 2.33. The Morgan fingerprint density at radius 1 is 1.44 bits per heavy atom. The third-order valence-electron chi connectivity index (χ3n) is 4.51. The van der Waals surface area contributed by atoms with Gasteiger partial charge in [-0.2, -0.15) is 13.2 Å². The van der Waals surface area contributed by atoms with Gasteiger partial charge in [-0.25, -0.2) is 4.98 Å². The molecule has 0 bridgehead atoms. The first kappa shape index (κ1) is 24.4. The lowest BCUT2D eigenvalue weighted by atomic mass is 10.1. The predicted octanol–water partition coefficient (Wildman–Crippen LogP) is 3.61. The van der Waals surface area contributed by atoms with Crippen molar-refractivity contribution >= 4 is 41.3 Å². The lowest BCUT2D eigenvalue weighted by molar-refractivity contribution is -0.146. The summed E-state index contributed by atoms with van der Waals surface area (Å²) in [4.78, 5) is 13.6. The van der Waals surface area contributed by atoms with E-state index >= 15 is 0 Å². The van der Waals surface area contributed by atoms with Crippen LogP contribution in [0.25, 0.3) is 0 Å². The molecular weight excluding hydrogens is 490 g/mol. The molecule has 27 heavy (non-hydrogen) atoms. The van der Waals surface area contributed by atoms with Crippen molar-refractivity contribution in [2.75, 3.05) is 39.8 Å². The first-order chi connectivity index (χ1) is 12.3. The minimum atomic E-state index is -4.14. The zero-order valence-corrected chi connectivity index (χ0v) is 19.2. The Bertz CT molecular complexity index is 593. The fourth-order valence-electron chi connectivity index (χ4n) is 3.18. The summed E-state index contributed by atoms with van der Waals surface area (Å²) < 4.78 is 37.9. The number of rotatable bonds is 7. The topological polar surface area (TPSA) is 43.8 Å². The van der Waals surface area contributed by atoms with Crippen molar-refractivity contribution in [1.29, 1.82) is 0 Å². The Morgan fingerprint density at radius 2 is 2.19 bits per heavy atom. The van der Waals surface area contributed by atoms with Crippen LogP contribution in [0.5, 0.6) is 0 Å². The number of hydrogen-bond donors (Lipinski definition) is 1. The van der Waals surface area contributed by atoms with Gasteiger partial charge in [0.1, 0.15) is 5.01 Å². The summed E-state index contributed by atoms with van der Waals surface area (Å²) in [5.41, 5.74) is 0. The zero-order valence-electron chi connectivity index (χ0n) is 16.1. The molecule has 0 saturated carbocycles. The van der Waals surface area contributed by atoms with E-state index in [-0.39, 0.29) is 29.9 Å². The van der Waals surface area contributed by atoms with Crippen LogP contribution in [0.4, 0.5) is 13.2 Å². The average molecular weight is 519 g/mol. The Kier molecular flexibility index (Phi) is 10.3. The van der Waals surface area contributed by atoms with Crippen molar-refractivity contribution < 1.29 is 13.2 Å². The maximum absolute atomic E-state index is 12.6. The number of alkyl halides is 3. The molecule has 1 fully saturated rings. The van der Waals surface area contributed by atoms with Gasteiger partial charge in [0.05, 0.1) is 13.1 Å². The molecule has 5 nitrogen and oxygen atoms in total. The SMILES string of the molecule is CCc1cnc(CNC(=NC)N2CCC(CN(CC)CC(F)(F)F)C2)s1.I. The molecular formula is C17H29F3IN5S. The molecule has 1 N–H and O–H groups in total. The molecule has 1 aliphatic heterocycles. The minimum absolute atomic E-state index is 0. The predicted molar refractivity (Wildman–Crippen MR) is 115 cm³/mol. The van der Waals surface area contributed by atoms with Crippen LogP contribution >= 0.6 is 35.3 Å². The van der Waals surface area contributed by atoms with Crippen molar-refractivity contribution in [1.82, 2.24) is 20.1 Å². The number of hydrogen-bond acceptors (Lipinski definition) is 4. The number of nitrogens with zero attached hydrogens (tertiary/aromatic N) is 4. The number of halogens is 4. The molecule has 1 unspecified atom stereocenters. The van der Waals surface area contributed by atoms with E-state index in [9.17, 15) is 13.2 Å². The summed E-state index contributed by atoms with van der Waals surface area (Å²) >= 11 is 1.68. The van der Waals surface area contributed by atoms with Crippen LogP contribution in [0.3, 0.4) is 0 Å². The number of aliphatic imine (C=N–C) groups is 1. The highest BCUT2D eigenvalue weighted by Crippen LogP contribution is 2.21. The minimum Gasteiger partial charge on any atom is -0.350 e. The van der Waals surface area contributed by atoms with Crippen molar-refractivity contribution in [2.24, 2.45) is 10.9 Å². The molecule has 0 amide bonds. The second-order valence-corrected chi connectivity index (χ2v) is 7.72. The molecule has 0 spiro atoms. The van der Waals surface area contributed by atoms with E-state index in [0.29, 0.717) is 19.6 Å². The van der Waals surface area contributed by atoms with Crippen LogP contribution in [-0.2, 0) is 13.0 Å². The van der Waals surface area contributed by atoms with Crippen LogP contribution in [-0.4, -0.2) is 66.7 Å². The number of aromatic nitrogens is 1. The maximum atomic E-state index is 12.6. The normalized spacial score (nSPS) is 18.1. The fraction of sp³-hybridized carbons (Fsp3) is 0.765. The lowest BCUT2D eigenvalue weighted by Gasteiger charge is -2.26. The summed E-state index contributed by atoms with van der Waals surface area (Å²) in [6.07, 6.45) is -0.383. The smallest absolute Gasteiger partial charge is 0.350 e. The summed E-state index contributed by atoms with van der Waals surface area (Å²) in [6, 6.07) is 0. The molecule has 0 aliphatic carbocycles. The van der Waals surface area contributed by atoms with E-state index in [1.165, 1.54) is 9.78 Å². The first-order valence-corrected chi connectivity index (χ1v) is 9.84. The van der Waals surface area contributed by atoms with E-state index in [4.69, 9.17) is 0 Å². The standard InChI is InChI=1S/C17H28F3N5S.HI/c1-4-14-8-22-15(26-14)9-23-16(21-3)25-7-6-13(11-25)10-24(5-2)12-17(18,19)20;/h8,13H,4-7,9-12H2,1-3H3,(H,21,23);1H. The molecule has 0 aromatic carbocycles. The van der Waals surface area contributed by atoms with Gasteiger partial charge >= 0.3 is 6.18 Å². The summed E-state index contributed by atoms with van der Waals surface area (Å²) in [5.74, 6) is 1.02. The van der Waals surface area contributed by atoms with Crippen molar-refractivity contribution in [2.45, 2.75) is 39.4 Å². The molecule has 2 heterocycles. The molecule has 1 aromatic rings. The molecule has 156 valence electrons. The van der Waals surface area contributed by atoms with Gasteiger partial charge < -0.3 is 10.2 Å². The molecule has 0 radical (unpaired) electrons. The summed E-state index contributed by atoms with van der Waals surface area (Å²) in [5, 5.41) is 4.34. The average Bonchev–Trinajstić information content (AvgIpc) is 3.23. The largest absolute Gasteiger partial charge is 0.401 e. The van der Waals surface area contributed by atoms with Gasteiger partial charge in [0.15, 0.2) is 5.96 Å². The Hall–Kier alpha value is -0.620. The highest BCUT2D eigenvalue weighted by atomic mass is 127. The summed E-state index contributed by atoms with van der Waals surface area (Å²) in [6.45, 7) is 6.08. The second kappa shape index (κ2) is 11.4. The van der Waals surface area contributed by atoms with Gasteiger partial charge in [-0.05, 0) is 25.3 Å². The van der Waals surface area contributed by atoms with Crippen molar-refractivity contribution in [3.05, 3.63) is 16.1 Å². The molecule has 1 atom stereocenters. The van der Waals surface area contributed by atoms with Gasteiger partial charge in [-0.1, -0.05) is 13.8 Å². The third-order valence-corrected chi connectivity index (χ3v) is 5.65. The van der Waals surface area contributed by atoms with Gasteiger partial charge in [0, 0.05) is 37.8 Å². The second-order valence-electron chi connectivity index (χ2n) is 6.52. The van der Waals surface area contributed by atoms with Crippen molar-refractivity contribution in [3.8, 4) is 0 Å². The third kappa shape index (κ3) is 8.10. The fourth-order valence-corrected chi connectivity index (χ4v) is 3.98. The Labute approximate surface area is 180 Å². The van der Waals surface area contributed by atoms with Gasteiger partial charge in [0.2, 0.25) is 0 Å². The van der Waals surface area contributed by atoms with E-state index in [1.54, 1.807) is 25.3 Å². The lowest BCUT2D eigenvalue weighted by Crippen LogP contribution is -2.41. The molecule has 10 heteroatoms. The number of guanidine groups is 1.